The smallest absolute Gasteiger partial charge is 0.259 e. The average Bonchev–Trinajstić information content (AvgIpc) is 3.31. The zero-order valence-corrected chi connectivity index (χ0v) is 18.8. The molecule has 3 heterocycles. The standard InChI is InChI=1S/C26H30N4O2/c1-19-10-12-22(13-11-19)29-17-28(16-23-9-6-14-32-23)18-30-25(31)24(20(2)27-26(29)30)15-21-7-4-3-5-8-21/h3-5,7-8,10-13,23H,6,9,14-18H2,1-2H3. The topological polar surface area (TPSA) is 50.6 Å². The summed E-state index contributed by atoms with van der Waals surface area (Å²) in [5.41, 5.74) is 4.99. The van der Waals surface area contributed by atoms with Gasteiger partial charge in [-0.1, -0.05) is 48.0 Å². The first-order valence-corrected chi connectivity index (χ1v) is 11.4. The molecule has 2 aromatic carbocycles. The molecule has 0 N–H and O–H groups in total. The molecule has 166 valence electrons. The molecule has 2 aliphatic rings. The lowest BCUT2D eigenvalue weighted by Crippen LogP contribution is -2.50. The normalized spacial score (nSPS) is 18.7. The van der Waals surface area contributed by atoms with Crippen LogP contribution in [0.1, 0.15) is 35.2 Å². The summed E-state index contributed by atoms with van der Waals surface area (Å²) < 4.78 is 7.73. The second-order valence-electron chi connectivity index (χ2n) is 8.91. The number of hydrogen-bond donors (Lipinski definition) is 0. The van der Waals surface area contributed by atoms with Crippen LogP contribution in [-0.4, -0.2) is 40.4 Å². The molecular formula is C26H30N4O2. The van der Waals surface area contributed by atoms with E-state index in [9.17, 15) is 4.79 Å². The van der Waals surface area contributed by atoms with E-state index in [1.54, 1.807) is 0 Å². The molecule has 6 heteroatoms. The van der Waals surface area contributed by atoms with Crippen molar-refractivity contribution in [1.29, 1.82) is 0 Å². The van der Waals surface area contributed by atoms with Crippen LogP contribution in [0.2, 0.25) is 0 Å². The van der Waals surface area contributed by atoms with Crippen molar-refractivity contribution >= 4 is 11.6 Å². The SMILES string of the molecule is Cc1ccc(N2CN(CC3CCCO3)Cn3c2nc(C)c(Cc2ccccc2)c3=O)cc1. The van der Waals surface area contributed by atoms with E-state index in [0.29, 0.717) is 19.8 Å². The lowest BCUT2D eigenvalue weighted by atomic mass is 10.1. The molecule has 0 spiro atoms. The van der Waals surface area contributed by atoms with Crippen molar-refractivity contribution in [3.8, 4) is 0 Å². The molecule has 6 nitrogen and oxygen atoms in total. The largest absolute Gasteiger partial charge is 0.377 e. The number of aryl methyl sites for hydroxylation is 2. The second-order valence-corrected chi connectivity index (χ2v) is 8.91. The summed E-state index contributed by atoms with van der Waals surface area (Å²) in [6, 6.07) is 18.6. The molecule has 32 heavy (non-hydrogen) atoms. The number of aromatic nitrogens is 2. The fourth-order valence-electron chi connectivity index (χ4n) is 4.64. The Morgan fingerprint density at radius 2 is 1.81 bits per heavy atom. The van der Waals surface area contributed by atoms with E-state index in [1.165, 1.54) is 5.56 Å². The van der Waals surface area contributed by atoms with Crippen LogP contribution in [0, 0.1) is 13.8 Å². The lowest BCUT2D eigenvalue weighted by Gasteiger charge is -2.39. The van der Waals surface area contributed by atoms with E-state index in [2.05, 4.69) is 53.1 Å². The van der Waals surface area contributed by atoms with Crippen molar-refractivity contribution in [2.24, 2.45) is 0 Å². The van der Waals surface area contributed by atoms with Crippen LogP contribution >= 0.6 is 0 Å². The molecule has 2 aliphatic heterocycles. The summed E-state index contributed by atoms with van der Waals surface area (Å²) in [5, 5.41) is 0. The summed E-state index contributed by atoms with van der Waals surface area (Å²) in [5.74, 6) is 0.719. The van der Waals surface area contributed by atoms with Crippen molar-refractivity contribution in [2.45, 2.75) is 45.9 Å². The predicted molar refractivity (Wildman–Crippen MR) is 126 cm³/mol. The minimum atomic E-state index is 0.0468. The highest BCUT2D eigenvalue weighted by molar-refractivity contribution is 5.59. The van der Waals surface area contributed by atoms with Crippen LogP contribution in [0.3, 0.4) is 0 Å². The molecule has 3 aromatic rings. The van der Waals surface area contributed by atoms with E-state index in [-0.39, 0.29) is 11.7 Å². The van der Waals surface area contributed by atoms with Gasteiger partial charge in [-0.3, -0.25) is 19.2 Å². The summed E-state index contributed by atoms with van der Waals surface area (Å²) >= 11 is 0. The van der Waals surface area contributed by atoms with Gasteiger partial charge in [0.25, 0.3) is 5.56 Å². The van der Waals surface area contributed by atoms with Crippen LogP contribution in [0.15, 0.2) is 59.4 Å². The molecule has 0 saturated carbocycles. The minimum absolute atomic E-state index is 0.0468. The van der Waals surface area contributed by atoms with Crippen molar-refractivity contribution in [3.05, 3.63) is 87.3 Å². The highest BCUT2D eigenvalue weighted by Gasteiger charge is 2.30. The number of nitrogens with zero attached hydrogens (tertiary/aromatic N) is 4. The predicted octanol–water partition coefficient (Wildman–Crippen LogP) is 4.00. The highest BCUT2D eigenvalue weighted by Crippen LogP contribution is 2.29. The summed E-state index contributed by atoms with van der Waals surface area (Å²) in [6.45, 7) is 6.90. The Balaban J connectivity index is 1.55. The van der Waals surface area contributed by atoms with Gasteiger partial charge in [0.05, 0.1) is 25.1 Å². The third-order valence-electron chi connectivity index (χ3n) is 6.43. The van der Waals surface area contributed by atoms with Crippen molar-refractivity contribution in [1.82, 2.24) is 14.5 Å². The van der Waals surface area contributed by atoms with Gasteiger partial charge in [0.1, 0.15) is 0 Å². The van der Waals surface area contributed by atoms with Crippen LogP contribution in [0.25, 0.3) is 0 Å². The van der Waals surface area contributed by atoms with Gasteiger partial charge in [-0.25, -0.2) is 4.98 Å². The Bertz CT molecular complexity index is 1130. The van der Waals surface area contributed by atoms with Gasteiger partial charge in [-0.15, -0.1) is 0 Å². The average molecular weight is 431 g/mol. The Morgan fingerprint density at radius 3 is 2.53 bits per heavy atom. The van der Waals surface area contributed by atoms with Gasteiger partial charge in [0.15, 0.2) is 0 Å². The van der Waals surface area contributed by atoms with Gasteiger partial charge in [0.2, 0.25) is 5.95 Å². The Labute approximate surface area is 189 Å². The third-order valence-corrected chi connectivity index (χ3v) is 6.43. The maximum absolute atomic E-state index is 13.7. The number of fused-ring (bicyclic) bond motifs is 1. The number of rotatable bonds is 5. The van der Waals surface area contributed by atoms with E-state index in [4.69, 9.17) is 9.72 Å². The van der Waals surface area contributed by atoms with E-state index in [0.717, 1.165) is 54.4 Å². The zero-order valence-electron chi connectivity index (χ0n) is 18.8. The Kier molecular flexibility index (Phi) is 5.81. The monoisotopic (exact) mass is 430 g/mol. The number of anilines is 2. The summed E-state index contributed by atoms with van der Waals surface area (Å²) in [6.07, 6.45) is 3.01. The van der Waals surface area contributed by atoms with Gasteiger partial charge in [-0.2, -0.15) is 0 Å². The molecular weight excluding hydrogens is 400 g/mol. The molecule has 1 fully saturated rings. The molecule has 1 atom stereocenters. The van der Waals surface area contributed by atoms with Crippen LogP contribution in [-0.2, 0) is 17.8 Å². The molecule has 0 aliphatic carbocycles. The summed E-state index contributed by atoms with van der Waals surface area (Å²) in [7, 11) is 0. The van der Waals surface area contributed by atoms with Crippen molar-refractivity contribution in [3.63, 3.8) is 0 Å². The molecule has 0 amide bonds. The molecule has 1 unspecified atom stereocenters. The maximum atomic E-state index is 13.7. The van der Waals surface area contributed by atoms with E-state index < -0.39 is 0 Å². The van der Waals surface area contributed by atoms with Crippen molar-refractivity contribution < 1.29 is 4.74 Å². The van der Waals surface area contributed by atoms with Crippen LogP contribution in [0.4, 0.5) is 11.6 Å². The van der Waals surface area contributed by atoms with Crippen molar-refractivity contribution in [2.75, 3.05) is 24.7 Å². The first-order chi connectivity index (χ1) is 15.6. The third kappa shape index (κ3) is 4.20. The number of benzene rings is 2. The van der Waals surface area contributed by atoms with Gasteiger partial charge < -0.3 is 4.74 Å². The minimum Gasteiger partial charge on any atom is -0.377 e. The number of ether oxygens (including phenoxy) is 1. The number of hydrogen-bond acceptors (Lipinski definition) is 5. The Hall–Kier alpha value is -2.96. The summed E-state index contributed by atoms with van der Waals surface area (Å²) in [4.78, 5) is 23.1. The fourth-order valence-corrected chi connectivity index (χ4v) is 4.64. The van der Waals surface area contributed by atoms with E-state index >= 15 is 0 Å². The Morgan fingerprint density at radius 1 is 1.03 bits per heavy atom. The molecule has 1 aromatic heterocycles. The molecule has 1 saturated heterocycles. The first kappa shape index (κ1) is 20.9. The van der Waals surface area contributed by atoms with Gasteiger partial charge >= 0.3 is 0 Å². The zero-order chi connectivity index (χ0) is 22.1. The van der Waals surface area contributed by atoms with E-state index in [1.807, 2.05) is 29.7 Å². The van der Waals surface area contributed by atoms with Gasteiger partial charge in [0, 0.05) is 30.8 Å². The quantitative estimate of drug-likeness (QED) is 0.612. The van der Waals surface area contributed by atoms with Crippen LogP contribution in [0.5, 0.6) is 0 Å². The second kappa shape index (κ2) is 8.88. The molecule has 0 radical (unpaired) electrons. The highest BCUT2D eigenvalue weighted by atomic mass is 16.5. The van der Waals surface area contributed by atoms with Crippen LogP contribution < -0.4 is 10.5 Å². The molecule has 0 bridgehead atoms. The fraction of sp³-hybridized carbons (Fsp3) is 0.385. The lowest BCUT2D eigenvalue weighted by molar-refractivity contribution is 0.0584. The maximum Gasteiger partial charge on any atom is 0.259 e. The van der Waals surface area contributed by atoms with Gasteiger partial charge in [-0.05, 0) is 44.4 Å². The molecule has 5 rings (SSSR count). The first-order valence-electron chi connectivity index (χ1n) is 11.4.